The second kappa shape index (κ2) is 13.2. The Morgan fingerprint density at radius 2 is 1.78 bits per heavy atom. The molecule has 3 N–H and O–H groups in total. The molecular formula is C22H32O5. The number of hydrogen-bond acceptors (Lipinski definition) is 4. The highest BCUT2D eigenvalue weighted by Crippen LogP contribution is 2.33. The summed E-state index contributed by atoms with van der Waals surface area (Å²) in [6.07, 6.45) is 17.4. The summed E-state index contributed by atoms with van der Waals surface area (Å²) in [7, 11) is 0. The van der Waals surface area contributed by atoms with Crippen LogP contribution in [0.25, 0.3) is 0 Å². The molecule has 5 heteroatoms. The van der Waals surface area contributed by atoms with Crippen LogP contribution in [0.4, 0.5) is 0 Å². The molecule has 1 saturated carbocycles. The maximum atomic E-state index is 12.1. The number of carbonyl (C=O) groups excluding carboxylic acids is 1. The van der Waals surface area contributed by atoms with Gasteiger partial charge in [-0.15, -0.1) is 0 Å². The standard InChI is InChI=1S/C22H32O5/c1-2-3-4-5-6-7-8-9-10-11-18-19(21(25)16-20(18)24)14-12-17(23)13-15-22(26)27/h3-4,6-7,9-10,12,14,17-19,21,23,25H,2,5,8,11,13,15-16H2,1H3,(H,26,27)/b4-3-,7-6-,10-9-,14-12+/t17-,18-,19+,21-/m1/s1. The van der Waals surface area contributed by atoms with Gasteiger partial charge < -0.3 is 15.3 Å². The van der Waals surface area contributed by atoms with Crippen molar-refractivity contribution in [3.63, 3.8) is 0 Å². The Kier molecular flexibility index (Phi) is 11.3. The molecule has 0 bridgehead atoms. The largest absolute Gasteiger partial charge is 0.481 e. The van der Waals surface area contributed by atoms with Gasteiger partial charge in [-0.2, -0.15) is 0 Å². The third kappa shape index (κ3) is 9.50. The highest BCUT2D eigenvalue weighted by molar-refractivity contribution is 5.84. The molecule has 0 aliphatic heterocycles. The lowest BCUT2D eigenvalue weighted by Gasteiger charge is -2.16. The maximum absolute atomic E-state index is 12.1. The van der Waals surface area contributed by atoms with Gasteiger partial charge in [-0.3, -0.25) is 9.59 Å². The second-order valence-electron chi connectivity index (χ2n) is 6.84. The number of Topliss-reactive ketones (excluding diaryl/α,β-unsaturated/α-hetero) is 1. The Morgan fingerprint density at radius 1 is 1.15 bits per heavy atom. The number of carboxylic acids is 1. The first-order valence-electron chi connectivity index (χ1n) is 9.69. The van der Waals surface area contributed by atoms with E-state index in [0.717, 1.165) is 19.3 Å². The molecule has 1 rings (SSSR count). The van der Waals surface area contributed by atoms with Crippen LogP contribution in [-0.4, -0.2) is 39.3 Å². The van der Waals surface area contributed by atoms with Crippen molar-refractivity contribution in [2.24, 2.45) is 11.8 Å². The average Bonchev–Trinajstić information content (AvgIpc) is 2.89. The second-order valence-corrected chi connectivity index (χ2v) is 6.84. The molecule has 0 unspecified atom stereocenters. The molecule has 0 amide bonds. The van der Waals surface area contributed by atoms with Crippen LogP contribution in [0.5, 0.6) is 0 Å². The van der Waals surface area contributed by atoms with E-state index in [1.54, 1.807) is 6.08 Å². The third-order valence-electron chi connectivity index (χ3n) is 4.61. The molecule has 0 radical (unpaired) electrons. The molecule has 1 aliphatic carbocycles. The minimum Gasteiger partial charge on any atom is -0.481 e. The zero-order valence-electron chi connectivity index (χ0n) is 16.0. The van der Waals surface area contributed by atoms with Gasteiger partial charge in [-0.1, -0.05) is 55.5 Å². The van der Waals surface area contributed by atoms with Gasteiger partial charge in [0.2, 0.25) is 0 Å². The van der Waals surface area contributed by atoms with E-state index in [-0.39, 0.29) is 36.9 Å². The zero-order chi connectivity index (χ0) is 20.1. The smallest absolute Gasteiger partial charge is 0.303 e. The van der Waals surface area contributed by atoms with E-state index in [2.05, 4.69) is 31.2 Å². The molecule has 1 fully saturated rings. The Balaban J connectivity index is 2.48. The Labute approximate surface area is 161 Å². The number of aliphatic carboxylic acids is 1. The average molecular weight is 376 g/mol. The summed E-state index contributed by atoms with van der Waals surface area (Å²) in [4.78, 5) is 22.7. The molecule has 5 nitrogen and oxygen atoms in total. The van der Waals surface area contributed by atoms with E-state index in [1.165, 1.54) is 6.08 Å². The normalized spacial score (nSPS) is 24.9. The number of rotatable bonds is 12. The zero-order valence-corrected chi connectivity index (χ0v) is 16.0. The van der Waals surface area contributed by atoms with Gasteiger partial charge in [0.25, 0.3) is 0 Å². The summed E-state index contributed by atoms with van der Waals surface area (Å²) in [5.41, 5.74) is 0. The minimum absolute atomic E-state index is 0.0297. The van der Waals surface area contributed by atoms with E-state index in [0.29, 0.717) is 6.42 Å². The Morgan fingerprint density at radius 3 is 2.41 bits per heavy atom. The van der Waals surface area contributed by atoms with Gasteiger partial charge in [0.15, 0.2) is 0 Å². The molecule has 0 heterocycles. The van der Waals surface area contributed by atoms with Crippen molar-refractivity contribution in [2.75, 3.05) is 0 Å². The topological polar surface area (TPSA) is 94.8 Å². The van der Waals surface area contributed by atoms with Crippen molar-refractivity contribution in [1.29, 1.82) is 0 Å². The molecular weight excluding hydrogens is 344 g/mol. The fourth-order valence-electron chi connectivity index (χ4n) is 3.10. The van der Waals surface area contributed by atoms with E-state index in [9.17, 15) is 19.8 Å². The number of carbonyl (C=O) groups is 2. The van der Waals surface area contributed by atoms with Crippen molar-refractivity contribution in [1.82, 2.24) is 0 Å². The summed E-state index contributed by atoms with van der Waals surface area (Å²) in [5, 5.41) is 28.6. The molecule has 1 aliphatic rings. The van der Waals surface area contributed by atoms with Crippen LogP contribution in [0, 0.1) is 11.8 Å². The molecule has 0 aromatic heterocycles. The monoisotopic (exact) mass is 376 g/mol. The van der Waals surface area contributed by atoms with E-state index in [1.807, 2.05) is 12.2 Å². The lowest BCUT2D eigenvalue weighted by atomic mass is 9.90. The first kappa shape index (κ1) is 23.1. The molecule has 0 spiro atoms. The van der Waals surface area contributed by atoms with E-state index in [4.69, 9.17) is 5.11 Å². The summed E-state index contributed by atoms with van der Waals surface area (Å²) in [6, 6.07) is 0. The van der Waals surface area contributed by atoms with Gasteiger partial charge in [0.1, 0.15) is 5.78 Å². The van der Waals surface area contributed by atoms with Gasteiger partial charge in [-0.25, -0.2) is 0 Å². The molecule has 0 aromatic carbocycles. The number of aliphatic hydroxyl groups excluding tert-OH is 2. The van der Waals surface area contributed by atoms with Gasteiger partial charge in [-0.05, 0) is 32.1 Å². The molecule has 27 heavy (non-hydrogen) atoms. The molecule has 0 saturated heterocycles. The Hall–Kier alpha value is -1.98. The quantitative estimate of drug-likeness (QED) is 0.453. The fourth-order valence-corrected chi connectivity index (χ4v) is 3.10. The number of ketones is 1. The maximum Gasteiger partial charge on any atom is 0.303 e. The van der Waals surface area contributed by atoms with Crippen LogP contribution in [0.2, 0.25) is 0 Å². The van der Waals surface area contributed by atoms with Gasteiger partial charge in [0.05, 0.1) is 12.2 Å². The van der Waals surface area contributed by atoms with Crippen LogP contribution < -0.4 is 0 Å². The van der Waals surface area contributed by atoms with Crippen LogP contribution in [0.3, 0.4) is 0 Å². The summed E-state index contributed by atoms with van der Waals surface area (Å²) >= 11 is 0. The van der Waals surface area contributed by atoms with Crippen LogP contribution in [0.1, 0.15) is 51.9 Å². The van der Waals surface area contributed by atoms with E-state index < -0.39 is 18.2 Å². The first-order valence-corrected chi connectivity index (χ1v) is 9.69. The number of carboxylic acid groups (broad SMARTS) is 1. The molecule has 150 valence electrons. The van der Waals surface area contributed by atoms with E-state index >= 15 is 0 Å². The number of hydrogen-bond donors (Lipinski definition) is 3. The lowest BCUT2D eigenvalue weighted by Crippen LogP contribution is -2.19. The van der Waals surface area contributed by atoms with Gasteiger partial charge >= 0.3 is 5.97 Å². The molecule has 4 atom stereocenters. The van der Waals surface area contributed by atoms with Crippen molar-refractivity contribution < 1.29 is 24.9 Å². The highest BCUT2D eigenvalue weighted by Gasteiger charge is 2.39. The van der Waals surface area contributed by atoms with Crippen molar-refractivity contribution in [3.05, 3.63) is 48.6 Å². The molecule has 0 aromatic rings. The SMILES string of the molecule is CC/C=C\C/C=C\C/C=C\C[C@H]1C(=O)C[C@@H](O)[C@H]1/C=C/[C@@H](O)CCC(=O)O. The van der Waals surface area contributed by atoms with Crippen molar-refractivity contribution in [2.45, 2.75) is 64.1 Å². The predicted octanol–water partition coefficient (Wildman–Crippen LogP) is 3.58. The van der Waals surface area contributed by atoms with Gasteiger partial charge in [0, 0.05) is 24.7 Å². The number of allylic oxidation sites excluding steroid dienone is 6. The van der Waals surface area contributed by atoms with Crippen LogP contribution >= 0.6 is 0 Å². The van der Waals surface area contributed by atoms with Crippen LogP contribution in [0.15, 0.2) is 48.6 Å². The summed E-state index contributed by atoms with van der Waals surface area (Å²) in [6.45, 7) is 2.10. The highest BCUT2D eigenvalue weighted by atomic mass is 16.4. The third-order valence-corrected chi connectivity index (χ3v) is 4.61. The van der Waals surface area contributed by atoms with Crippen molar-refractivity contribution in [3.8, 4) is 0 Å². The summed E-state index contributed by atoms with van der Waals surface area (Å²) < 4.78 is 0. The Bertz CT molecular complexity index is 573. The minimum atomic E-state index is -0.961. The summed E-state index contributed by atoms with van der Waals surface area (Å²) in [5.74, 6) is -1.56. The number of aliphatic hydroxyl groups is 2. The predicted molar refractivity (Wildman–Crippen MR) is 106 cm³/mol. The fraction of sp³-hybridized carbons (Fsp3) is 0.545. The van der Waals surface area contributed by atoms with Crippen LogP contribution in [-0.2, 0) is 9.59 Å². The lowest BCUT2D eigenvalue weighted by molar-refractivity contribution is -0.137. The van der Waals surface area contributed by atoms with Crippen molar-refractivity contribution >= 4 is 11.8 Å². The first-order chi connectivity index (χ1) is 13.0.